The van der Waals surface area contributed by atoms with E-state index >= 15 is 0 Å². The standard InChI is InChI=1S/C26H15ClN2OS/c27-23-11-4-3-9-22(23)25-13-12-19(30-25)14-18(15-28)26-29-24(16-31-26)21-10-5-7-17-6-1-2-8-20(17)21/h1-14,16H. The van der Waals surface area contributed by atoms with Crippen molar-refractivity contribution < 1.29 is 4.42 Å². The fourth-order valence-corrected chi connectivity index (χ4v) is 4.50. The molecule has 0 saturated heterocycles. The van der Waals surface area contributed by atoms with E-state index in [9.17, 15) is 5.26 Å². The van der Waals surface area contributed by atoms with E-state index in [1.54, 1.807) is 6.08 Å². The summed E-state index contributed by atoms with van der Waals surface area (Å²) >= 11 is 7.71. The van der Waals surface area contributed by atoms with Gasteiger partial charge in [0.25, 0.3) is 0 Å². The lowest BCUT2D eigenvalue weighted by Gasteiger charge is -2.03. The first-order valence-corrected chi connectivity index (χ1v) is 10.9. The zero-order chi connectivity index (χ0) is 21.2. The number of fused-ring (bicyclic) bond motifs is 1. The minimum atomic E-state index is 0.455. The maximum Gasteiger partial charge on any atom is 0.136 e. The molecule has 0 fully saturated rings. The van der Waals surface area contributed by atoms with E-state index in [-0.39, 0.29) is 0 Å². The fourth-order valence-electron chi connectivity index (χ4n) is 3.49. The maximum atomic E-state index is 9.75. The molecule has 148 valence electrons. The van der Waals surface area contributed by atoms with Crippen molar-refractivity contribution in [2.45, 2.75) is 0 Å². The first-order valence-electron chi connectivity index (χ1n) is 9.63. The number of thiazole rings is 1. The summed E-state index contributed by atoms with van der Waals surface area (Å²) in [6, 6.07) is 27.8. The number of rotatable bonds is 4. The lowest BCUT2D eigenvalue weighted by atomic mass is 10.0. The minimum Gasteiger partial charge on any atom is -0.457 e. The van der Waals surface area contributed by atoms with Crippen LogP contribution >= 0.6 is 22.9 Å². The minimum absolute atomic E-state index is 0.455. The molecule has 3 aromatic carbocycles. The Hall–Kier alpha value is -3.65. The van der Waals surface area contributed by atoms with Crippen LogP contribution in [-0.4, -0.2) is 4.98 Å². The van der Waals surface area contributed by atoms with E-state index in [0.717, 1.165) is 27.6 Å². The number of nitriles is 1. The van der Waals surface area contributed by atoms with Gasteiger partial charge >= 0.3 is 0 Å². The molecule has 0 bridgehead atoms. The van der Waals surface area contributed by atoms with Gasteiger partial charge in [-0.1, -0.05) is 66.2 Å². The number of allylic oxidation sites excluding steroid dienone is 1. The average Bonchev–Trinajstić information content (AvgIpc) is 3.47. The Bertz CT molecular complexity index is 1470. The van der Waals surface area contributed by atoms with Gasteiger partial charge in [0, 0.05) is 22.6 Å². The summed E-state index contributed by atoms with van der Waals surface area (Å²) in [6.07, 6.45) is 1.71. The van der Waals surface area contributed by atoms with Crippen LogP contribution in [0.2, 0.25) is 5.02 Å². The fraction of sp³-hybridized carbons (Fsp3) is 0. The third-order valence-corrected chi connectivity index (χ3v) is 6.18. The van der Waals surface area contributed by atoms with Crippen molar-refractivity contribution in [3.05, 3.63) is 100 Å². The van der Waals surface area contributed by atoms with E-state index in [1.807, 2.05) is 60.0 Å². The number of hydrogen-bond donors (Lipinski definition) is 0. The monoisotopic (exact) mass is 438 g/mol. The smallest absolute Gasteiger partial charge is 0.136 e. The van der Waals surface area contributed by atoms with E-state index in [4.69, 9.17) is 21.0 Å². The van der Waals surface area contributed by atoms with Crippen LogP contribution in [-0.2, 0) is 0 Å². The maximum absolute atomic E-state index is 9.75. The molecule has 5 aromatic rings. The van der Waals surface area contributed by atoms with Gasteiger partial charge in [0.2, 0.25) is 0 Å². The van der Waals surface area contributed by atoms with Crippen LogP contribution in [0.15, 0.2) is 88.7 Å². The predicted octanol–water partition coefficient (Wildman–Crippen LogP) is 7.94. The molecule has 0 saturated carbocycles. The highest BCUT2D eigenvalue weighted by Crippen LogP contribution is 2.33. The Morgan fingerprint density at radius 2 is 1.71 bits per heavy atom. The molecule has 5 rings (SSSR count). The van der Waals surface area contributed by atoms with Crippen molar-refractivity contribution in [3.63, 3.8) is 0 Å². The van der Waals surface area contributed by atoms with Gasteiger partial charge in [0.1, 0.15) is 22.6 Å². The highest BCUT2D eigenvalue weighted by Gasteiger charge is 2.13. The second-order valence-corrected chi connectivity index (χ2v) is 8.18. The number of halogens is 1. The molecule has 2 heterocycles. The molecule has 0 unspecified atom stereocenters. The summed E-state index contributed by atoms with van der Waals surface area (Å²) in [6.45, 7) is 0. The molecule has 0 aliphatic carbocycles. The molecule has 3 nitrogen and oxygen atoms in total. The highest BCUT2D eigenvalue weighted by atomic mass is 35.5. The van der Waals surface area contributed by atoms with Crippen LogP contribution in [0.3, 0.4) is 0 Å². The van der Waals surface area contributed by atoms with E-state index in [0.29, 0.717) is 27.1 Å². The van der Waals surface area contributed by atoms with Crippen molar-refractivity contribution in [2.24, 2.45) is 0 Å². The summed E-state index contributed by atoms with van der Waals surface area (Å²) in [5, 5.41) is 15.3. The van der Waals surface area contributed by atoms with Crippen LogP contribution in [0.25, 0.3) is 45.0 Å². The summed E-state index contributed by atoms with van der Waals surface area (Å²) in [5.41, 5.74) is 3.18. The molecular weight excluding hydrogens is 424 g/mol. The molecule has 0 spiro atoms. The van der Waals surface area contributed by atoms with Crippen molar-refractivity contribution in [1.29, 1.82) is 5.26 Å². The normalized spacial score (nSPS) is 11.5. The van der Waals surface area contributed by atoms with Crippen molar-refractivity contribution in [1.82, 2.24) is 4.98 Å². The van der Waals surface area contributed by atoms with E-state index < -0.39 is 0 Å². The average molecular weight is 439 g/mol. The number of nitrogens with zero attached hydrogens (tertiary/aromatic N) is 2. The first-order chi connectivity index (χ1) is 15.2. The zero-order valence-corrected chi connectivity index (χ0v) is 17.8. The highest BCUT2D eigenvalue weighted by molar-refractivity contribution is 7.11. The lowest BCUT2D eigenvalue weighted by Crippen LogP contribution is -1.84. The Morgan fingerprint density at radius 1 is 0.935 bits per heavy atom. The first kappa shape index (κ1) is 19.3. The number of aromatic nitrogens is 1. The van der Waals surface area contributed by atoms with Crippen molar-refractivity contribution in [2.75, 3.05) is 0 Å². The Morgan fingerprint density at radius 3 is 2.58 bits per heavy atom. The zero-order valence-electron chi connectivity index (χ0n) is 16.2. The summed E-state index contributed by atoms with van der Waals surface area (Å²) in [4.78, 5) is 4.74. The van der Waals surface area contributed by atoms with E-state index in [1.165, 1.54) is 11.3 Å². The third-order valence-electron chi connectivity index (χ3n) is 4.97. The third kappa shape index (κ3) is 3.77. The molecule has 0 radical (unpaired) electrons. The Balaban J connectivity index is 1.49. The number of benzene rings is 3. The number of furan rings is 1. The van der Waals surface area contributed by atoms with Gasteiger partial charge in [-0.05, 0) is 35.0 Å². The second kappa shape index (κ2) is 8.23. The van der Waals surface area contributed by atoms with Gasteiger partial charge < -0.3 is 4.42 Å². The molecule has 0 aliphatic rings. The molecule has 0 amide bonds. The van der Waals surface area contributed by atoms with Gasteiger partial charge in [-0.3, -0.25) is 0 Å². The molecule has 0 N–H and O–H groups in total. The molecule has 0 atom stereocenters. The van der Waals surface area contributed by atoms with Crippen LogP contribution in [0.4, 0.5) is 0 Å². The van der Waals surface area contributed by atoms with Crippen LogP contribution in [0, 0.1) is 11.3 Å². The largest absolute Gasteiger partial charge is 0.457 e. The van der Waals surface area contributed by atoms with E-state index in [2.05, 4.69) is 30.3 Å². The Labute approximate surface area is 188 Å². The predicted molar refractivity (Wildman–Crippen MR) is 128 cm³/mol. The SMILES string of the molecule is N#CC(=Cc1ccc(-c2ccccc2Cl)o1)c1nc(-c2cccc3ccccc23)cs1. The van der Waals surface area contributed by atoms with Gasteiger partial charge in [-0.2, -0.15) is 5.26 Å². The molecule has 5 heteroatoms. The molecule has 0 aliphatic heterocycles. The topological polar surface area (TPSA) is 49.8 Å². The number of hydrogen-bond acceptors (Lipinski definition) is 4. The summed E-state index contributed by atoms with van der Waals surface area (Å²) in [5.74, 6) is 1.23. The lowest BCUT2D eigenvalue weighted by molar-refractivity contribution is 0.572. The molecular formula is C26H15ClN2OS. The van der Waals surface area contributed by atoms with Gasteiger partial charge in [-0.25, -0.2) is 4.98 Å². The summed E-state index contributed by atoms with van der Waals surface area (Å²) in [7, 11) is 0. The van der Waals surface area contributed by atoms with Crippen molar-refractivity contribution in [3.8, 4) is 28.7 Å². The van der Waals surface area contributed by atoms with Crippen LogP contribution in [0.5, 0.6) is 0 Å². The van der Waals surface area contributed by atoms with Crippen molar-refractivity contribution >= 4 is 45.4 Å². The summed E-state index contributed by atoms with van der Waals surface area (Å²) < 4.78 is 5.92. The van der Waals surface area contributed by atoms with Crippen LogP contribution < -0.4 is 0 Å². The van der Waals surface area contributed by atoms with Gasteiger partial charge in [0.05, 0.1) is 16.3 Å². The van der Waals surface area contributed by atoms with Gasteiger partial charge in [0.15, 0.2) is 0 Å². The Kier molecular flexibility index (Phi) is 5.13. The quantitative estimate of drug-likeness (QED) is 0.267. The van der Waals surface area contributed by atoms with Crippen LogP contribution in [0.1, 0.15) is 10.8 Å². The second-order valence-electron chi connectivity index (χ2n) is 6.92. The molecule has 31 heavy (non-hydrogen) atoms. The molecule has 2 aromatic heterocycles. The van der Waals surface area contributed by atoms with Gasteiger partial charge in [-0.15, -0.1) is 11.3 Å².